The lowest BCUT2D eigenvalue weighted by atomic mass is 9.66. The van der Waals surface area contributed by atoms with Crippen LogP contribution in [-0.4, -0.2) is 27.9 Å². The summed E-state index contributed by atoms with van der Waals surface area (Å²) in [6.45, 7) is 8.07. The molecule has 2 atom stereocenters. The summed E-state index contributed by atoms with van der Waals surface area (Å²) < 4.78 is 5.77. The lowest BCUT2D eigenvalue weighted by molar-refractivity contribution is -0.385. The highest BCUT2D eigenvalue weighted by Gasteiger charge is 2.47. The first-order valence-corrected chi connectivity index (χ1v) is 11.0. The number of nitro benzene ring substituents is 1. The van der Waals surface area contributed by atoms with E-state index in [0.717, 1.165) is 25.7 Å². The zero-order valence-corrected chi connectivity index (χ0v) is 18.3. The van der Waals surface area contributed by atoms with Crippen molar-refractivity contribution >= 4 is 17.4 Å². The number of carbonyl (C=O) groups is 2. The third-order valence-electron chi connectivity index (χ3n) is 6.65. The fourth-order valence-electron chi connectivity index (χ4n) is 5.21. The van der Waals surface area contributed by atoms with Crippen molar-refractivity contribution in [2.45, 2.75) is 64.4 Å². The highest BCUT2D eigenvalue weighted by molar-refractivity contribution is 6.01. The maximum absolute atomic E-state index is 13.3. The van der Waals surface area contributed by atoms with Crippen molar-refractivity contribution in [1.82, 2.24) is 5.32 Å². The number of esters is 1. The van der Waals surface area contributed by atoms with Crippen LogP contribution in [0.2, 0.25) is 0 Å². The van der Waals surface area contributed by atoms with Crippen LogP contribution in [0.3, 0.4) is 0 Å². The maximum Gasteiger partial charge on any atom is 0.316 e. The second-order valence-corrected chi connectivity index (χ2v) is 9.79. The number of ketones is 1. The van der Waals surface area contributed by atoms with Gasteiger partial charge in [0.2, 0.25) is 0 Å². The van der Waals surface area contributed by atoms with E-state index in [2.05, 4.69) is 11.9 Å². The normalized spacial score (nSPS) is 25.3. The average Bonchev–Trinajstić information content (AvgIpc) is 3.19. The van der Waals surface area contributed by atoms with Crippen LogP contribution in [0.25, 0.3) is 0 Å². The van der Waals surface area contributed by atoms with Crippen LogP contribution < -0.4 is 5.32 Å². The summed E-state index contributed by atoms with van der Waals surface area (Å²) in [6.07, 6.45) is 4.33. The SMILES string of the molecule is C=C1NC2=C(C(=O)CC(C)(C)C2)C(c2ccc(O)c([N+](=O)[O-])c2)C1C(=O)OC1CCCC1. The summed E-state index contributed by atoms with van der Waals surface area (Å²) in [7, 11) is 0. The molecule has 8 heteroatoms. The summed E-state index contributed by atoms with van der Waals surface area (Å²) >= 11 is 0. The van der Waals surface area contributed by atoms with E-state index in [1.165, 1.54) is 18.2 Å². The van der Waals surface area contributed by atoms with E-state index < -0.39 is 34.2 Å². The van der Waals surface area contributed by atoms with Crippen LogP contribution in [0.5, 0.6) is 5.75 Å². The molecule has 0 aromatic heterocycles. The van der Waals surface area contributed by atoms with Crippen LogP contribution in [0.15, 0.2) is 41.7 Å². The Morgan fingerprint density at radius 2 is 1.97 bits per heavy atom. The molecule has 0 saturated heterocycles. The summed E-state index contributed by atoms with van der Waals surface area (Å²) in [5, 5.41) is 24.6. The molecule has 2 unspecified atom stereocenters. The monoisotopic (exact) mass is 440 g/mol. The summed E-state index contributed by atoms with van der Waals surface area (Å²) in [4.78, 5) is 37.3. The van der Waals surface area contributed by atoms with E-state index in [-0.39, 0.29) is 17.3 Å². The van der Waals surface area contributed by atoms with Crippen molar-refractivity contribution in [2.75, 3.05) is 0 Å². The first kappa shape index (κ1) is 22.0. The number of hydrogen-bond donors (Lipinski definition) is 2. The van der Waals surface area contributed by atoms with Gasteiger partial charge >= 0.3 is 11.7 Å². The van der Waals surface area contributed by atoms with Crippen molar-refractivity contribution in [1.29, 1.82) is 0 Å². The van der Waals surface area contributed by atoms with E-state index in [0.29, 0.717) is 35.4 Å². The number of rotatable bonds is 4. The van der Waals surface area contributed by atoms with Crippen LogP contribution in [0.1, 0.15) is 63.9 Å². The Hall–Kier alpha value is -3.16. The Labute approximate surface area is 186 Å². The van der Waals surface area contributed by atoms with Crippen molar-refractivity contribution < 1.29 is 24.4 Å². The smallest absolute Gasteiger partial charge is 0.316 e. The molecular formula is C24H28N2O6. The Morgan fingerprint density at radius 3 is 2.62 bits per heavy atom. The predicted molar refractivity (Wildman–Crippen MR) is 117 cm³/mol. The van der Waals surface area contributed by atoms with E-state index in [9.17, 15) is 24.8 Å². The molecule has 0 radical (unpaired) electrons. The molecule has 32 heavy (non-hydrogen) atoms. The zero-order chi connectivity index (χ0) is 23.2. The van der Waals surface area contributed by atoms with E-state index in [1.54, 1.807) is 0 Å². The largest absolute Gasteiger partial charge is 0.502 e. The summed E-state index contributed by atoms with van der Waals surface area (Å²) in [6, 6.07) is 4.00. The summed E-state index contributed by atoms with van der Waals surface area (Å²) in [5.41, 5.74) is 1.24. The van der Waals surface area contributed by atoms with Gasteiger partial charge in [0, 0.05) is 35.4 Å². The Morgan fingerprint density at radius 1 is 1.28 bits per heavy atom. The van der Waals surface area contributed by atoms with Gasteiger partial charge in [0.1, 0.15) is 12.0 Å². The third kappa shape index (κ3) is 4.01. The number of allylic oxidation sites excluding steroid dienone is 2. The molecular weight excluding hydrogens is 412 g/mol. The fraction of sp³-hybridized carbons (Fsp3) is 0.500. The molecule has 170 valence electrons. The molecule has 0 amide bonds. The molecule has 4 rings (SSSR count). The number of phenols is 1. The minimum atomic E-state index is -0.899. The van der Waals surface area contributed by atoms with E-state index in [4.69, 9.17) is 4.74 Å². The van der Waals surface area contributed by atoms with Gasteiger partial charge < -0.3 is 15.2 Å². The van der Waals surface area contributed by atoms with Crippen molar-refractivity contribution in [2.24, 2.45) is 11.3 Å². The average molecular weight is 440 g/mol. The van der Waals surface area contributed by atoms with Crippen molar-refractivity contribution in [3.05, 3.63) is 57.4 Å². The number of aromatic hydroxyl groups is 1. The number of hydrogen-bond acceptors (Lipinski definition) is 7. The van der Waals surface area contributed by atoms with Gasteiger partial charge in [-0.2, -0.15) is 0 Å². The molecule has 1 heterocycles. The minimum absolute atomic E-state index is 0.101. The number of nitro groups is 1. The van der Waals surface area contributed by atoms with Crippen LogP contribution in [0, 0.1) is 21.4 Å². The number of phenolic OH excluding ortho intramolecular Hbond substituents is 1. The maximum atomic E-state index is 13.3. The highest BCUT2D eigenvalue weighted by Crippen LogP contribution is 2.49. The molecule has 0 spiro atoms. The number of carbonyl (C=O) groups excluding carboxylic acids is 2. The lowest BCUT2D eigenvalue weighted by Gasteiger charge is -2.42. The van der Waals surface area contributed by atoms with Gasteiger partial charge in [0.05, 0.1) is 4.92 Å². The first-order chi connectivity index (χ1) is 15.1. The number of ether oxygens (including phenoxy) is 1. The molecule has 8 nitrogen and oxygen atoms in total. The topological polar surface area (TPSA) is 119 Å². The van der Waals surface area contributed by atoms with Gasteiger partial charge in [-0.05, 0) is 49.1 Å². The Balaban J connectivity index is 1.82. The van der Waals surface area contributed by atoms with Crippen molar-refractivity contribution in [3.8, 4) is 5.75 Å². The summed E-state index contributed by atoms with van der Waals surface area (Å²) in [5.74, 6) is -2.73. The number of nitrogens with one attached hydrogen (secondary N) is 1. The van der Waals surface area contributed by atoms with Gasteiger partial charge in [-0.1, -0.05) is 26.5 Å². The molecule has 2 aliphatic carbocycles. The van der Waals surface area contributed by atoms with Gasteiger partial charge in [-0.3, -0.25) is 19.7 Å². The molecule has 1 aromatic rings. The number of benzene rings is 1. The minimum Gasteiger partial charge on any atom is -0.502 e. The Bertz CT molecular complexity index is 1030. The van der Waals surface area contributed by atoms with Crippen LogP contribution in [-0.2, 0) is 14.3 Å². The standard InChI is InChI=1S/C24H28N2O6/c1-13-20(23(29)32-15-6-4-5-7-15)21(14-8-9-18(27)17(10-14)26(30)31)22-16(25-13)11-24(2,3)12-19(22)28/h8-10,15,20-21,25,27H,1,4-7,11-12H2,2-3H3. The van der Waals surface area contributed by atoms with Gasteiger partial charge in [-0.25, -0.2) is 0 Å². The first-order valence-electron chi connectivity index (χ1n) is 11.0. The predicted octanol–water partition coefficient (Wildman–Crippen LogP) is 4.25. The van der Waals surface area contributed by atoms with Crippen LogP contribution in [0.4, 0.5) is 5.69 Å². The van der Waals surface area contributed by atoms with Gasteiger partial charge in [-0.15, -0.1) is 0 Å². The number of nitrogens with zero attached hydrogens (tertiary/aromatic N) is 1. The molecule has 0 bridgehead atoms. The highest BCUT2D eigenvalue weighted by atomic mass is 16.6. The lowest BCUT2D eigenvalue weighted by Crippen LogP contribution is -2.44. The fourth-order valence-corrected chi connectivity index (χ4v) is 5.21. The molecule has 1 saturated carbocycles. The van der Waals surface area contributed by atoms with Gasteiger partial charge in [0.25, 0.3) is 0 Å². The van der Waals surface area contributed by atoms with Crippen molar-refractivity contribution in [3.63, 3.8) is 0 Å². The van der Waals surface area contributed by atoms with E-state index >= 15 is 0 Å². The molecule has 2 N–H and O–H groups in total. The van der Waals surface area contributed by atoms with Gasteiger partial charge in [0.15, 0.2) is 11.5 Å². The Kier molecular flexibility index (Phi) is 5.56. The van der Waals surface area contributed by atoms with Crippen LogP contribution >= 0.6 is 0 Å². The van der Waals surface area contributed by atoms with E-state index in [1.807, 2.05) is 13.8 Å². The third-order valence-corrected chi connectivity index (χ3v) is 6.65. The molecule has 3 aliphatic rings. The second-order valence-electron chi connectivity index (χ2n) is 9.79. The zero-order valence-electron chi connectivity index (χ0n) is 18.3. The number of Topliss-reactive ketones (excluding diaryl/α,β-unsaturated/α-hetero) is 1. The quantitative estimate of drug-likeness (QED) is 0.408. The molecule has 1 aromatic carbocycles. The second kappa shape index (κ2) is 8.07. The molecule has 1 fully saturated rings. The molecule has 1 aliphatic heterocycles.